The molecule has 0 aliphatic carbocycles. The highest BCUT2D eigenvalue weighted by Gasteiger charge is 2.18. The third kappa shape index (κ3) is 6.46. The average Bonchev–Trinajstić information content (AvgIpc) is 3.15. The molecule has 2 unspecified atom stereocenters. The standard InChI is InChI=1S/C22H29NO4S/c1-4-6-15(3)21(24)23-13-19-12-18(14-28-19)17-9-7-16(8-10-17)11-20(22(25)26)27-5-2/h7-10,12,14-15,20H,4-6,11,13H2,1-3H3,(H,23,24)(H,25,26). The number of hydrogen-bond donors (Lipinski definition) is 2. The molecule has 28 heavy (non-hydrogen) atoms. The first-order chi connectivity index (χ1) is 13.4. The summed E-state index contributed by atoms with van der Waals surface area (Å²) in [5.74, 6) is -0.796. The second-order valence-electron chi connectivity index (χ2n) is 6.89. The summed E-state index contributed by atoms with van der Waals surface area (Å²) >= 11 is 1.62. The summed E-state index contributed by atoms with van der Waals surface area (Å²) in [6.45, 7) is 6.75. The Hall–Kier alpha value is -2.18. The lowest BCUT2D eigenvalue weighted by Gasteiger charge is -2.12. The number of benzene rings is 1. The van der Waals surface area contributed by atoms with E-state index in [1.54, 1.807) is 18.3 Å². The molecular weight excluding hydrogens is 374 g/mol. The van der Waals surface area contributed by atoms with Crippen molar-refractivity contribution in [1.29, 1.82) is 0 Å². The Kier molecular flexibility index (Phi) is 8.67. The number of rotatable bonds is 11. The number of carboxylic acids is 1. The van der Waals surface area contributed by atoms with Crippen LogP contribution < -0.4 is 5.32 Å². The van der Waals surface area contributed by atoms with Crippen LogP contribution in [-0.4, -0.2) is 29.7 Å². The van der Waals surface area contributed by atoms with Crippen LogP contribution in [0, 0.1) is 5.92 Å². The monoisotopic (exact) mass is 403 g/mol. The SMILES string of the molecule is CCCC(C)C(=O)NCc1cc(-c2ccc(CC(OCC)C(=O)O)cc2)cs1. The molecule has 2 atom stereocenters. The second-order valence-corrected chi connectivity index (χ2v) is 7.89. The summed E-state index contributed by atoms with van der Waals surface area (Å²) in [4.78, 5) is 24.4. The van der Waals surface area contributed by atoms with Gasteiger partial charge in [-0.3, -0.25) is 4.79 Å². The summed E-state index contributed by atoms with van der Waals surface area (Å²) in [5.41, 5.74) is 3.10. The van der Waals surface area contributed by atoms with Gasteiger partial charge in [-0.1, -0.05) is 44.5 Å². The first kappa shape index (κ1) is 22.1. The molecule has 0 bridgehead atoms. The van der Waals surface area contributed by atoms with E-state index in [9.17, 15) is 14.7 Å². The van der Waals surface area contributed by atoms with Crippen LogP contribution in [0.1, 0.15) is 44.1 Å². The molecule has 1 aromatic carbocycles. The summed E-state index contributed by atoms with van der Waals surface area (Å²) in [5, 5.41) is 14.3. The van der Waals surface area contributed by atoms with Crippen LogP contribution in [0.15, 0.2) is 35.7 Å². The van der Waals surface area contributed by atoms with Gasteiger partial charge in [0, 0.05) is 23.8 Å². The maximum atomic E-state index is 12.0. The third-order valence-corrected chi connectivity index (χ3v) is 5.55. The zero-order chi connectivity index (χ0) is 20.5. The molecule has 1 heterocycles. The van der Waals surface area contributed by atoms with Gasteiger partial charge in [-0.15, -0.1) is 11.3 Å². The molecule has 2 N–H and O–H groups in total. The fraction of sp³-hybridized carbons (Fsp3) is 0.455. The smallest absolute Gasteiger partial charge is 0.333 e. The van der Waals surface area contributed by atoms with E-state index in [2.05, 4.69) is 23.7 Å². The van der Waals surface area contributed by atoms with Crippen LogP contribution in [0.25, 0.3) is 11.1 Å². The zero-order valence-electron chi connectivity index (χ0n) is 16.7. The van der Waals surface area contributed by atoms with Gasteiger partial charge in [0.05, 0.1) is 6.54 Å². The minimum atomic E-state index is -0.941. The van der Waals surface area contributed by atoms with Crippen LogP contribution in [0.4, 0.5) is 0 Å². The van der Waals surface area contributed by atoms with E-state index in [-0.39, 0.29) is 11.8 Å². The first-order valence-corrected chi connectivity index (χ1v) is 10.6. The summed E-state index contributed by atoms with van der Waals surface area (Å²) in [6, 6.07) is 9.96. The van der Waals surface area contributed by atoms with Crippen molar-refractivity contribution in [2.24, 2.45) is 5.92 Å². The molecule has 0 saturated carbocycles. The molecule has 0 aliphatic heterocycles. The van der Waals surface area contributed by atoms with Gasteiger partial charge in [0.2, 0.25) is 5.91 Å². The van der Waals surface area contributed by atoms with Crippen molar-refractivity contribution in [2.45, 2.75) is 52.7 Å². The van der Waals surface area contributed by atoms with Gasteiger partial charge in [-0.05, 0) is 41.5 Å². The highest BCUT2D eigenvalue weighted by atomic mass is 32.1. The molecule has 0 spiro atoms. The van der Waals surface area contributed by atoms with Gasteiger partial charge >= 0.3 is 5.97 Å². The highest BCUT2D eigenvalue weighted by Crippen LogP contribution is 2.26. The normalized spacial score (nSPS) is 13.1. The molecule has 5 nitrogen and oxygen atoms in total. The van der Waals surface area contributed by atoms with E-state index >= 15 is 0 Å². The minimum absolute atomic E-state index is 0.0447. The maximum absolute atomic E-state index is 12.0. The van der Waals surface area contributed by atoms with Crippen molar-refractivity contribution < 1.29 is 19.4 Å². The quantitative estimate of drug-likeness (QED) is 0.579. The lowest BCUT2D eigenvalue weighted by Crippen LogP contribution is -2.28. The predicted molar refractivity (Wildman–Crippen MR) is 112 cm³/mol. The Balaban J connectivity index is 1.95. The van der Waals surface area contributed by atoms with Gasteiger partial charge in [-0.2, -0.15) is 0 Å². The van der Waals surface area contributed by atoms with Crippen molar-refractivity contribution >= 4 is 23.2 Å². The molecule has 0 fully saturated rings. The van der Waals surface area contributed by atoms with Gasteiger partial charge in [-0.25, -0.2) is 4.79 Å². The van der Waals surface area contributed by atoms with E-state index < -0.39 is 12.1 Å². The Morgan fingerprint density at radius 2 is 1.89 bits per heavy atom. The fourth-order valence-electron chi connectivity index (χ4n) is 3.00. The number of ether oxygens (including phenoxy) is 1. The van der Waals surface area contributed by atoms with Crippen LogP contribution in [0.3, 0.4) is 0 Å². The van der Waals surface area contributed by atoms with Crippen LogP contribution in [0.2, 0.25) is 0 Å². The number of nitrogens with one attached hydrogen (secondary N) is 1. The van der Waals surface area contributed by atoms with E-state index in [0.717, 1.165) is 34.4 Å². The molecule has 2 rings (SSSR count). The van der Waals surface area contributed by atoms with Crippen LogP contribution in [-0.2, 0) is 27.3 Å². The summed E-state index contributed by atoms with van der Waals surface area (Å²) in [6.07, 6.45) is 1.44. The number of carbonyl (C=O) groups is 2. The third-order valence-electron chi connectivity index (χ3n) is 4.61. The molecule has 6 heteroatoms. The highest BCUT2D eigenvalue weighted by molar-refractivity contribution is 7.10. The molecule has 0 aliphatic rings. The first-order valence-electron chi connectivity index (χ1n) is 9.73. The van der Waals surface area contributed by atoms with Crippen LogP contribution >= 0.6 is 11.3 Å². The Morgan fingerprint density at radius 3 is 2.50 bits per heavy atom. The Labute approximate surface area is 170 Å². The fourth-order valence-corrected chi connectivity index (χ4v) is 3.84. The zero-order valence-corrected chi connectivity index (χ0v) is 17.6. The number of amides is 1. The molecule has 0 saturated heterocycles. The van der Waals surface area contributed by atoms with Crippen molar-refractivity contribution in [1.82, 2.24) is 5.32 Å². The van der Waals surface area contributed by atoms with Crippen molar-refractivity contribution in [2.75, 3.05) is 6.61 Å². The van der Waals surface area contributed by atoms with Gasteiger partial charge in [0.15, 0.2) is 6.10 Å². The molecule has 152 valence electrons. The lowest BCUT2D eigenvalue weighted by molar-refractivity contribution is -0.150. The second kappa shape index (κ2) is 11.0. The lowest BCUT2D eigenvalue weighted by atomic mass is 10.0. The summed E-state index contributed by atoms with van der Waals surface area (Å²) < 4.78 is 5.27. The van der Waals surface area contributed by atoms with Gasteiger partial charge in [0.1, 0.15) is 0 Å². The number of hydrogen-bond acceptors (Lipinski definition) is 4. The molecule has 1 amide bonds. The number of carbonyl (C=O) groups excluding carboxylic acids is 1. The summed E-state index contributed by atoms with van der Waals surface area (Å²) in [7, 11) is 0. The molecule has 0 radical (unpaired) electrons. The Morgan fingerprint density at radius 1 is 1.18 bits per heavy atom. The van der Waals surface area contributed by atoms with Crippen LogP contribution in [0.5, 0.6) is 0 Å². The van der Waals surface area contributed by atoms with Gasteiger partial charge in [0.25, 0.3) is 0 Å². The Bertz CT molecular complexity index is 769. The topological polar surface area (TPSA) is 75.6 Å². The van der Waals surface area contributed by atoms with E-state index in [1.165, 1.54) is 0 Å². The van der Waals surface area contributed by atoms with Gasteiger partial charge < -0.3 is 15.2 Å². The molecule has 1 aromatic heterocycles. The molecular formula is C22H29NO4S. The van der Waals surface area contributed by atoms with Crippen molar-refractivity contribution in [3.8, 4) is 11.1 Å². The largest absolute Gasteiger partial charge is 0.479 e. The van der Waals surface area contributed by atoms with E-state index in [0.29, 0.717) is 19.6 Å². The number of aliphatic carboxylic acids is 1. The minimum Gasteiger partial charge on any atom is -0.479 e. The average molecular weight is 404 g/mol. The number of thiophene rings is 1. The predicted octanol–water partition coefficient (Wildman–Crippen LogP) is 4.50. The van der Waals surface area contributed by atoms with Crippen molar-refractivity contribution in [3.63, 3.8) is 0 Å². The molecule has 2 aromatic rings. The van der Waals surface area contributed by atoms with E-state index in [4.69, 9.17) is 4.74 Å². The maximum Gasteiger partial charge on any atom is 0.333 e. The number of carboxylic acid groups (broad SMARTS) is 1. The van der Waals surface area contributed by atoms with E-state index in [1.807, 2.05) is 31.2 Å². The van der Waals surface area contributed by atoms with Crippen molar-refractivity contribution in [3.05, 3.63) is 46.2 Å².